The number of likely N-dealkylation sites (N-methyl/N-ethyl adjacent to an activating group) is 1. The van der Waals surface area contributed by atoms with Crippen molar-refractivity contribution in [3.8, 4) is 0 Å². The van der Waals surface area contributed by atoms with Gasteiger partial charge in [-0.05, 0) is 68.7 Å². The summed E-state index contributed by atoms with van der Waals surface area (Å²) in [5, 5.41) is 26.4. The van der Waals surface area contributed by atoms with E-state index in [1.54, 1.807) is 45.2 Å². The smallest absolute Gasteiger partial charge is 0.419 e. The maximum atomic E-state index is 12.8. The van der Waals surface area contributed by atoms with Gasteiger partial charge in [-0.2, -0.15) is 0 Å². The second-order valence-corrected chi connectivity index (χ2v) is 26.7. The molecule has 0 saturated carbocycles. The Morgan fingerprint density at radius 1 is 0.527 bits per heavy atom. The number of carbonyl (C=O) groups excluding carboxylic acids is 17. The maximum absolute atomic E-state index is 12.8. The number of ketones is 4. The third-order valence-electron chi connectivity index (χ3n) is 17.8. The highest BCUT2D eigenvalue weighted by Crippen LogP contribution is 2.25. The average Bonchev–Trinajstić information content (AvgIpc) is 1.64. The fraction of sp³-hybridized carbons (Fsp3) is 0.493. The number of carboxylic acid groups (broad SMARTS) is 1. The van der Waals surface area contributed by atoms with Crippen molar-refractivity contribution in [2.45, 2.75) is 165 Å². The van der Waals surface area contributed by atoms with Gasteiger partial charge in [0.05, 0.1) is 31.7 Å². The molecule has 0 radical (unpaired) electrons. The third-order valence-corrected chi connectivity index (χ3v) is 17.8. The first-order chi connectivity index (χ1) is 51.4. The summed E-state index contributed by atoms with van der Waals surface area (Å²) in [6, 6.07) is 17.7. The van der Waals surface area contributed by atoms with Gasteiger partial charge in [0.1, 0.15) is 44.0 Å². The number of carboxylic acids is 1. The summed E-state index contributed by atoms with van der Waals surface area (Å²) in [4.78, 5) is 220. The van der Waals surface area contributed by atoms with E-state index in [4.69, 9.17) is 19.3 Å². The second kappa shape index (κ2) is 44.5. The van der Waals surface area contributed by atoms with Crippen molar-refractivity contribution >= 4 is 107 Å². The number of hydrogen-bond acceptors (Lipinski definition) is 22. The molecule has 5 saturated heterocycles. The topological polar surface area (TPSA) is 459 Å². The van der Waals surface area contributed by atoms with Crippen LogP contribution in [0.4, 0.5) is 38.4 Å². The number of benzene rings is 3. The van der Waals surface area contributed by atoms with Crippen LogP contribution in [-0.4, -0.2) is 230 Å². The summed E-state index contributed by atoms with van der Waals surface area (Å²) in [6.45, 7) is 23.9. The molecule has 0 bridgehead atoms. The van der Waals surface area contributed by atoms with Crippen molar-refractivity contribution in [2.24, 2.45) is 29.6 Å². The lowest BCUT2D eigenvalue weighted by molar-refractivity contribution is -0.147. The van der Waals surface area contributed by atoms with Gasteiger partial charge in [0, 0.05) is 31.5 Å². The lowest BCUT2D eigenvalue weighted by atomic mass is 9.96. The summed E-state index contributed by atoms with van der Waals surface area (Å²) < 4.78 is 15.2. The number of ether oxygens (including phenoxy) is 3. The zero-order chi connectivity index (χ0) is 81.7. The number of carbonyl (C=O) groups is 18. The highest BCUT2D eigenvalue weighted by molar-refractivity contribution is 6.38. The molecule has 5 aliphatic heterocycles. The van der Waals surface area contributed by atoms with Crippen LogP contribution >= 0.6 is 0 Å². The van der Waals surface area contributed by atoms with E-state index in [-0.39, 0.29) is 114 Å². The normalized spacial score (nSPS) is 18.5. The minimum atomic E-state index is -1.16. The molecule has 5 aliphatic rings. The third kappa shape index (κ3) is 26.0. The Morgan fingerprint density at radius 2 is 0.945 bits per heavy atom. The number of imide groups is 6. The van der Waals surface area contributed by atoms with Crippen LogP contribution in [-0.2, 0) is 82.0 Å². The molecule has 35 nitrogen and oxygen atoms in total. The molecule has 8 rings (SSSR count). The van der Waals surface area contributed by atoms with Gasteiger partial charge in [-0.3, -0.25) is 48.1 Å². The quantitative estimate of drug-likeness (QED) is 0.0287. The summed E-state index contributed by atoms with van der Waals surface area (Å²) >= 11 is 0. The predicted molar refractivity (Wildman–Crippen MR) is 396 cm³/mol. The number of aliphatic carboxylic acids is 1. The molecule has 7 unspecified atom stereocenters. The van der Waals surface area contributed by atoms with Crippen molar-refractivity contribution in [3.63, 3.8) is 0 Å². The van der Waals surface area contributed by atoms with Gasteiger partial charge in [0.25, 0.3) is 5.91 Å². The van der Waals surface area contributed by atoms with E-state index >= 15 is 0 Å². The maximum Gasteiger partial charge on any atom is 0.419 e. The summed E-state index contributed by atoms with van der Waals surface area (Å²) in [6.07, 6.45) is -0.184. The molecule has 9 atom stereocenters. The Morgan fingerprint density at radius 3 is 1.35 bits per heavy atom. The van der Waals surface area contributed by atoms with Crippen LogP contribution in [0, 0.1) is 29.6 Å². The molecule has 3 aromatic carbocycles. The zero-order valence-corrected chi connectivity index (χ0v) is 63.4. The number of nitrogens with one attached hydrogen (secondary N) is 7. The molecule has 35 heteroatoms. The van der Waals surface area contributed by atoms with Gasteiger partial charge in [0.15, 0.2) is 23.4 Å². The summed E-state index contributed by atoms with van der Waals surface area (Å²) in [5.41, 5.74) is 2.42. The van der Waals surface area contributed by atoms with E-state index in [1.165, 1.54) is 26.8 Å². The first kappa shape index (κ1) is 92.4. The molecule has 110 heavy (non-hydrogen) atoms. The van der Waals surface area contributed by atoms with Gasteiger partial charge >= 0.3 is 54.4 Å². The Balaban J connectivity index is 0.000000361. The lowest BCUT2D eigenvalue weighted by Crippen LogP contribution is -2.57. The van der Waals surface area contributed by atoms with Crippen molar-refractivity contribution in [1.29, 1.82) is 0 Å². The molecule has 5 fully saturated rings. The molecule has 5 heterocycles. The summed E-state index contributed by atoms with van der Waals surface area (Å²) in [5.74, 6) is -6.50. The minimum Gasteiger partial charge on any atom is -0.480 e. The predicted octanol–water partition coefficient (Wildman–Crippen LogP) is 5.68. The van der Waals surface area contributed by atoms with Crippen molar-refractivity contribution in [1.82, 2.24) is 66.6 Å². The summed E-state index contributed by atoms with van der Waals surface area (Å²) in [7, 11) is 1.60. The molecular formula is C75H103N13O22. The van der Waals surface area contributed by atoms with Crippen LogP contribution in [0.3, 0.4) is 0 Å². The molecular weight excluding hydrogens is 1430 g/mol. The number of rotatable bonds is 25. The van der Waals surface area contributed by atoms with E-state index in [2.05, 4.69) is 43.8 Å². The van der Waals surface area contributed by atoms with Crippen molar-refractivity contribution < 1.29 is 106 Å². The van der Waals surface area contributed by atoms with Crippen LogP contribution < -0.4 is 37.2 Å². The Hall–Kier alpha value is -11.8. The molecule has 3 aromatic rings. The van der Waals surface area contributed by atoms with Crippen LogP contribution in [0.15, 0.2) is 104 Å². The largest absolute Gasteiger partial charge is 0.480 e. The monoisotopic (exact) mass is 1540 g/mol. The van der Waals surface area contributed by atoms with E-state index in [0.717, 1.165) is 46.1 Å². The zero-order valence-electron chi connectivity index (χ0n) is 63.4. The number of urea groups is 5. The Kier molecular flexibility index (Phi) is 37.4. The van der Waals surface area contributed by atoms with E-state index in [9.17, 15) is 86.3 Å². The highest BCUT2D eigenvalue weighted by atomic mass is 16.6. The van der Waals surface area contributed by atoms with Crippen LogP contribution in [0.25, 0.3) is 0 Å². The minimum absolute atomic E-state index is 0. The fourth-order valence-electron chi connectivity index (χ4n) is 10.7. The number of hydrogen-bond donors (Lipinski definition) is 8. The highest BCUT2D eigenvalue weighted by Gasteiger charge is 2.49. The first-order valence-corrected chi connectivity index (χ1v) is 35.2. The van der Waals surface area contributed by atoms with Crippen LogP contribution in [0.1, 0.15) is 120 Å². The first-order valence-electron chi connectivity index (χ1n) is 35.2. The van der Waals surface area contributed by atoms with Crippen LogP contribution in [0.5, 0.6) is 0 Å². The number of nitrogens with zero attached hydrogens (tertiary/aromatic N) is 6. The van der Waals surface area contributed by atoms with Crippen molar-refractivity contribution in [3.05, 3.63) is 120 Å². The SMILES string of the molecule is C.C=CCNC(=O)C(=O)C(CCC)NC(=O)C1CNC(=O)N1C(=O)C(NC)C(C)C.CC(=O)C1CN(C(=O)OCc2ccccc2)C(=O)N1C(=O)C(C)C(C)C.CC(=O)[C@@H]1CN(C(=O)OCc2ccccc2)C(=O)N1.CC(=O)[C@@H]1CNC(=O)N1C(=O)OCc1ccccc1.CC(C)C(C)C(=O)N1C(=O)NCC1C(=O)O. The van der Waals surface area contributed by atoms with Gasteiger partial charge in [-0.1, -0.05) is 173 Å². The molecule has 0 spiro atoms. The molecule has 18 amide bonds. The second-order valence-electron chi connectivity index (χ2n) is 26.7. The molecule has 8 N–H and O–H groups in total. The van der Waals surface area contributed by atoms with Gasteiger partial charge in [-0.25, -0.2) is 67.7 Å². The Bertz CT molecular complexity index is 3800. The number of Topliss-reactive ketones (excluding diaryl/α,β-unsaturated/α-hetero) is 4. The van der Waals surface area contributed by atoms with Gasteiger partial charge < -0.3 is 56.5 Å². The molecule has 0 aliphatic carbocycles. The van der Waals surface area contributed by atoms with Crippen molar-refractivity contribution in [2.75, 3.05) is 46.3 Å². The van der Waals surface area contributed by atoms with Gasteiger partial charge in [0.2, 0.25) is 29.4 Å². The van der Waals surface area contributed by atoms with E-state index < -0.39 is 138 Å². The standard InChI is InChI=1S/C19H31N5O5.C19H24N2O5.2C13H14N2O4.C10H16N2O4.CH4/c1-6-8-12(15(25)17(27)21-9-7-2)23-16(26)13-10-22-19(29)24(13)18(28)14(20-5)11(3)4;1-12(2)13(3)17(23)21-16(14(4)22)10-20(18(21)24)19(25)26-11-15-8-6-5-7-9-15;1-9(16)11-7-15(12(17)14-11)13(18)19-8-10-5-3-2-4-6-10;1-9(16)11-7-14-12(17)15(11)13(18)19-8-10-5-3-2-4-6-10;1-5(2)6(3)8(13)12-7(9(14)15)4-11-10(12)16;/h7,11-14,20H,2,6,8-10H2,1,3-5H3,(H,21,27)(H,22,29)(H,23,26);5-9,12-13,16H,10-11H2,1-4H3;2*2-6,11H,7-8H2,1H3,(H,14,17);5-7H,4H2,1-3H3,(H,11,16)(H,14,15);1H4/t;;2*11-;;/m..00../s1. The van der Waals surface area contributed by atoms with Gasteiger partial charge in [-0.15, -0.1) is 6.58 Å². The molecule has 0 aromatic heterocycles. The Labute approximate surface area is 638 Å². The number of amides is 18. The van der Waals surface area contributed by atoms with E-state index in [0.29, 0.717) is 6.42 Å². The lowest BCUT2D eigenvalue weighted by Gasteiger charge is -2.28. The van der Waals surface area contributed by atoms with E-state index in [1.807, 2.05) is 115 Å². The fourth-order valence-corrected chi connectivity index (χ4v) is 10.7. The average molecular weight is 1540 g/mol. The molecule has 600 valence electrons. The van der Waals surface area contributed by atoms with Crippen LogP contribution in [0.2, 0.25) is 0 Å².